The van der Waals surface area contributed by atoms with E-state index in [-0.39, 0.29) is 11.9 Å². The summed E-state index contributed by atoms with van der Waals surface area (Å²) in [6.07, 6.45) is 0.794. The summed E-state index contributed by atoms with van der Waals surface area (Å²) in [6, 6.07) is 3.46. The maximum Gasteiger partial charge on any atom is 0.260 e. The van der Waals surface area contributed by atoms with Crippen molar-refractivity contribution in [2.45, 2.75) is 45.8 Å². The Balaban J connectivity index is 2.88. The van der Waals surface area contributed by atoms with E-state index in [1.165, 1.54) is 0 Å². The Morgan fingerprint density at radius 3 is 2.62 bits per heavy atom. The second-order valence-electron chi connectivity index (χ2n) is 4.99. The van der Waals surface area contributed by atoms with Crippen LogP contribution in [0.4, 0.5) is 0 Å². The first-order valence-electron chi connectivity index (χ1n) is 7.04. The van der Waals surface area contributed by atoms with Crippen LogP contribution in [0.3, 0.4) is 0 Å². The standard InChI is InChI=1S/C15H22Cl2N2O2/c1-4-9(2)19-15(20)10(3)21-14-11(5-6-18)7-12(16)8-13(14)17/h7-10H,4-6,18H2,1-3H3,(H,19,20). The van der Waals surface area contributed by atoms with E-state index in [1.807, 2.05) is 13.8 Å². The van der Waals surface area contributed by atoms with Gasteiger partial charge in [-0.05, 0) is 50.9 Å². The number of carbonyl (C=O) groups excluding carboxylic acids is 1. The molecule has 4 nitrogen and oxygen atoms in total. The van der Waals surface area contributed by atoms with Crippen LogP contribution in [0.2, 0.25) is 10.0 Å². The number of amides is 1. The molecular weight excluding hydrogens is 311 g/mol. The minimum absolute atomic E-state index is 0.104. The van der Waals surface area contributed by atoms with Crippen LogP contribution in [-0.4, -0.2) is 24.6 Å². The third-order valence-electron chi connectivity index (χ3n) is 3.16. The molecule has 0 saturated carbocycles. The fourth-order valence-corrected chi connectivity index (χ4v) is 2.36. The van der Waals surface area contributed by atoms with E-state index in [0.717, 1.165) is 12.0 Å². The number of carbonyl (C=O) groups is 1. The first kappa shape index (κ1) is 18.1. The van der Waals surface area contributed by atoms with E-state index in [1.54, 1.807) is 19.1 Å². The smallest absolute Gasteiger partial charge is 0.260 e. The number of hydrogen-bond donors (Lipinski definition) is 2. The highest BCUT2D eigenvalue weighted by atomic mass is 35.5. The highest BCUT2D eigenvalue weighted by Crippen LogP contribution is 2.33. The number of ether oxygens (including phenoxy) is 1. The zero-order valence-corrected chi connectivity index (χ0v) is 14.1. The molecule has 0 heterocycles. The van der Waals surface area contributed by atoms with E-state index in [9.17, 15) is 4.79 Å². The lowest BCUT2D eigenvalue weighted by Gasteiger charge is -2.20. The molecule has 6 heteroatoms. The van der Waals surface area contributed by atoms with E-state index < -0.39 is 6.10 Å². The average Bonchev–Trinajstić information content (AvgIpc) is 2.42. The lowest BCUT2D eigenvalue weighted by molar-refractivity contribution is -0.127. The Bertz CT molecular complexity index is 495. The summed E-state index contributed by atoms with van der Waals surface area (Å²) < 4.78 is 5.73. The SMILES string of the molecule is CCC(C)NC(=O)C(C)Oc1c(Cl)cc(Cl)cc1CCN. The van der Waals surface area contributed by atoms with Gasteiger partial charge in [0, 0.05) is 11.1 Å². The molecular formula is C15H22Cl2N2O2. The minimum Gasteiger partial charge on any atom is -0.479 e. The predicted octanol–water partition coefficient (Wildman–Crippen LogP) is 3.18. The van der Waals surface area contributed by atoms with Gasteiger partial charge in [-0.15, -0.1) is 0 Å². The summed E-state index contributed by atoms with van der Waals surface area (Å²) in [5.41, 5.74) is 6.39. The van der Waals surface area contributed by atoms with Crippen LogP contribution in [0.1, 0.15) is 32.8 Å². The molecule has 0 aliphatic carbocycles. The molecule has 0 bridgehead atoms. The molecule has 1 aromatic carbocycles. The molecule has 0 saturated heterocycles. The summed E-state index contributed by atoms with van der Waals surface area (Å²) >= 11 is 12.2. The van der Waals surface area contributed by atoms with Gasteiger partial charge in [0.1, 0.15) is 5.75 Å². The van der Waals surface area contributed by atoms with Gasteiger partial charge in [-0.2, -0.15) is 0 Å². The van der Waals surface area contributed by atoms with Crippen LogP contribution < -0.4 is 15.8 Å². The predicted molar refractivity (Wildman–Crippen MR) is 87.2 cm³/mol. The third kappa shape index (κ3) is 5.38. The van der Waals surface area contributed by atoms with Gasteiger partial charge in [0.05, 0.1) is 5.02 Å². The van der Waals surface area contributed by atoms with Gasteiger partial charge < -0.3 is 15.8 Å². The molecule has 2 atom stereocenters. The number of nitrogens with two attached hydrogens (primary N) is 1. The van der Waals surface area contributed by atoms with Crippen molar-refractivity contribution in [1.82, 2.24) is 5.32 Å². The van der Waals surface area contributed by atoms with Gasteiger partial charge in [0.15, 0.2) is 6.10 Å². The molecule has 0 aliphatic heterocycles. The summed E-state index contributed by atoms with van der Waals surface area (Å²) in [5, 5.41) is 3.78. The maximum absolute atomic E-state index is 12.0. The first-order valence-corrected chi connectivity index (χ1v) is 7.79. The van der Waals surface area contributed by atoms with Crippen LogP contribution in [0, 0.1) is 0 Å². The normalized spacial score (nSPS) is 13.6. The molecule has 0 spiro atoms. The van der Waals surface area contributed by atoms with E-state index in [0.29, 0.717) is 28.8 Å². The van der Waals surface area contributed by atoms with Crippen LogP contribution in [0.15, 0.2) is 12.1 Å². The van der Waals surface area contributed by atoms with Gasteiger partial charge in [-0.25, -0.2) is 0 Å². The Hall–Kier alpha value is -0.970. The van der Waals surface area contributed by atoms with Crippen molar-refractivity contribution in [2.75, 3.05) is 6.54 Å². The highest BCUT2D eigenvalue weighted by molar-refractivity contribution is 6.35. The molecule has 118 valence electrons. The van der Waals surface area contributed by atoms with Crippen molar-refractivity contribution < 1.29 is 9.53 Å². The number of rotatable bonds is 7. The van der Waals surface area contributed by atoms with Crippen LogP contribution in [0.5, 0.6) is 5.75 Å². The van der Waals surface area contributed by atoms with E-state index >= 15 is 0 Å². The quantitative estimate of drug-likeness (QED) is 0.805. The third-order valence-corrected chi connectivity index (χ3v) is 3.66. The van der Waals surface area contributed by atoms with E-state index in [4.69, 9.17) is 33.7 Å². The highest BCUT2D eigenvalue weighted by Gasteiger charge is 2.19. The number of nitrogens with one attached hydrogen (secondary N) is 1. The van der Waals surface area contributed by atoms with Gasteiger partial charge in [-0.1, -0.05) is 30.1 Å². The van der Waals surface area contributed by atoms with Crippen LogP contribution in [0.25, 0.3) is 0 Å². The first-order chi connectivity index (χ1) is 9.88. The molecule has 1 rings (SSSR count). The zero-order chi connectivity index (χ0) is 16.0. The van der Waals surface area contributed by atoms with Gasteiger partial charge in [0.2, 0.25) is 0 Å². The van der Waals surface area contributed by atoms with Crippen LogP contribution in [-0.2, 0) is 11.2 Å². The fourth-order valence-electron chi connectivity index (χ4n) is 1.78. The number of hydrogen-bond acceptors (Lipinski definition) is 3. The van der Waals surface area contributed by atoms with Crippen molar-refractivity contribution >= 4 is 29.1 Å². The van der Waals surface area contributed by atoms with Gasteiger partial charge >= 0.3 is 0 Å². The number of benzene rings is 1. The topological polar surface area (TPSA) is 64.3 Å². The maximum atomic E-state index is 12.0. The second-order valence-corrected chi connectivity index (χ2v) is 5.84. The lowest BCUT2D eigenvalue weighted by Crippen LogP contribution is -2.41. The Kier molecular flexibility index (Phi) is 7.29. The summed E-state index contributed by atoms with van der Waals surface area (Å²) in [5.74, 6) is 0.299. The van der Waals surface area contributed by atoms with Crippen molar-refractivity contribution in [3.8, 4) is 5.75 Å². The monoisotopic (exact) mass is 332 g/mol. The van der Waals surface area contributed by atoms with Crippen molar-refractivity contribution in [2.24, 2.45) is 5.73 Å². The van der Waals surface area contributed by atoms with Crippen molar-refractivity contribution in [3.05, 3.63) is 27.7 Å². The summed E-state index contributed by atoms with van der Waals surface area (Å²) in [6.45, 7) is 6.08. The van der Waals surface area contributed by atoms with Crippen molar-refractivity contribution in [3.63, 3.8) is 0 Å². The van der Waals surface area contributed by atoms with Crippen LogP contribution >= 0.6 is 23.2 Å². The van der Waals surface area contributed by atoms with Gasteiger partial charge in [-0.3, -0.25) is 4.79 Å². The number of halogens is 2. The molecule has 0 aromatic heterocycles. The average molecular weight is 333 g/mol. The fraction of sp³-hybridized carbons (Fsp3) is 0.533. The minimum atomic E-state index is -0.644. The molecule has 0 aliphatic rings. The molecule has 0 radical (unpaired) electrons. The zero-order valence-electron chi connectivity index (χ0n) is 12.6. The van der Waals surface area contributed by atoms with Crippen molar-refractivity contribution in [1.29, 1.82) is 0 Å². The second kappa shape index (κ2) is 8.47. The largest absolute Gasteiger partial charge is 0.479 e. The summed E-state index contributed by atoms with van der Waals surface area (Å²) in [4.78, 5) is 12.0. The molecule has 1 amide bonds. The summed E-state index contributed by atoms with van der Waals surface area (Å²) in [7, 11) is 0. The van der Waals surface area contributed by atoms with E-state index in [2.05, 4.69) is 5.32 Å². The molecule has 0 fully saturated rings. The Labute approximate surface area is 135 Å². The Morgan fingerprint density at radius 2 is 2.05 bits per heavy atom. The molecule has 2 unspecified atom stereocenters. The van der Waals surface area contributed by atoms with Gasteiger partial charge in [0.25, 0.3) is 5.91 Å². The molecule has 1 aromatic rings. The molecule has 3 N–H and O–H groups in total. The molecule has 21 heavy (non-hydrogen) atoms. The lowest BCUT2D eigenvalue weighted by atomic mass is 10.1. The Morgan fingerprint density at radius 1 is 1.38 bits per heavy atom.